The van der Waals surface area contributed by atoms with Crippen molar-refractivity contribution in [2.45, 2.75) is 33.4 Å². The zero-order valence-corrected chi connectivity index (χ0v) is 16.3. The van der Waals surface area contributed by atoms with Crippen LogP contribution in [-0.4, -0.2) is 10.9 Å². The van der Waals surface area contributed by atoms with Gasteiger partial charge in [0.05, 0.1) is 11.6 Å². The van der Waals surface area contributed by atoms with E-state index in [1.54, 1.807) is 38.1 Å². The Hall–Kier alpha value is -3.27. The zero-order chi connectivity index (χ0) is 21.8. The van der Waals surface area contributed by atoms with Crippen LogP contribution in [0.3, 0.4) is 0 Å². The van der Waals surface area contributed by atoms with Crippen molar-refractivity contribution in [1.29, 1.82) is 5.26 Å². The molecule has 0 saturated carbocycles. The van der Waals surface area contributed by atoms with E-state index in [1.165, 1.54) is 25.1 Å². The maximum atomic E-state index is 13.7. The maximum absolute atomic E-state index is 13.7. The third-order valence-corrected chi connectivity index (χ3v) is 4.40. The van der Waals surface area contributed by atoms with Gasteiger partial charge in [-0.3, -0.25) is 0 Å². The number of alkyl halides is 3. The first kappa shape index (κ1) is 22.0. The highest BCUT2D eigenvalue weighted by atomic mass is 19.4. The minimum atomic E-state index is -4.72. The fourth-order valence-electron chi connectivity index (χ4n) is 2.88. The highest BCUT2D eigenvalue weighted by Gasteiger charge is 2.44. The van der Waals surface area contributed by atoms with E-state index in [2.05, 4.69) is 11.7 Å². The summed E-state index contributed by atoms with van der Waals surface area (Å²) in [5.41, 5.74) is 0.960. The summed E-state index contributed by atoms with van der Waals surface area (Å²) in [5, 5.41) is 13.3. The third-order valence-electron chi connectivity index (χ3n) is 4.40. The van der Waals surface area contributed by atoms with Gasteiger partial charge in [0, 0.05) is 17.1 Å². The summed E-state index contributed by atoms with van der Waals surface area (Å²) in [6.07, 6.45) is -0.635. The van der Waals surface area contributed by atoms with E-state index in [1.807, 2.05) is 0 Å². The molecular weight excluding hydrogens is 382 g/mol. The molecule has 2 rings (SSSR count). The molecule has 0 bridgehead atoms. The van der Waals surface area contributed by atoms with Gasteiger partial charge in [-0.1, -0.05) is 18.2 Å². The number of azo groups is 2. The van der Waals surface area contributed by atoms with Crippen molar-refractivity contribution < 1.29 is 22.3 Å². The summed E-state index contributed by atoms with van der Waals surface area (Å²) in [6, 6.07) is 7.61. The van der Waals surface area contributed by atoms with Gasteiger partial charge in [-0.2, -0.15) is 18.4 Å². The number of hydrogen-bond donors (Lipinski definition) is 0. The highest BCUT2D eigenvalue weighted by Crippen LogP contribution is 2.37. The lowest BCUT2D eigenvalue weighted by molar-refractivity contribution is -0.483. The van der Waals surface area contributed by atoms with Crippen molar-refractivity contribution in [3.8, 4) is 6.07 Å². The Bertz CT molecular complexity index is 1010. The van der Waals surface area contributed by atoms with Crippen LogP contribution in [0.5, 0.6) is 0 Å². The molecule has 0 atom stereocenters. The lowest BCUT2D eigenvalue weighted by Crippen LogP contribution is -2.20. The molecule has 150 valence electrons. The summed E-state index contributed by atoms with van der Waals surface area (Å²) < 4.78 is 55.3. The number of nitrogens with zero attached hydrogens (tertiary/aromatic N) is 3. The lowest BCUT2D eigenvalue weighted by atomic mass is 10.0. The molecule has 0 spiro atoms. The molecule has 0 amide bonds. The summed E-state index contributed by atoms with van der Waals surface area (Å²) in [7, 11) is 0. The molecule has 29 heavy (non-hydrogen) atoms. The Morgan fingerprint density at radius 2 is 1.86 bits per heavy atom. The van der Waals surface area contributed by atoms with Gasteiger partial charge in [0.15, 0.2) is 0 Å². The zero-order valence-electron chi connectivity index (χ0n) is 16.3. The fraction of sp³-hybridized carbons (Fsp3) is 0.227. The van der Waals surface area contributed by atoms with Crippen molar-refractivity contribution in [3.63, 3.8) is 0 Å². The molecule has 1 aliphatic heterocycles. The minimum Gasteiger partial charge on any atom is -0.207 e. The first-order valence-corrected chi connectivity index (χ1v) is 8.79. The quantitative estimate of drug-likeness (QED) is 0.240. The van der Waals surface area contributed by atoms with Gasteiger partial charge in [0.1, 0.15) is 17.1 Å². The summed E-state index contributed by atoms with van der Waals surface area (Å²) >= 11 is 0. The number of rotatable bonds is 5. The second kappa shape index (κ2) is 8.82. The van der Waals surface area contributed by atoms with Crippen LogP contribution in [0.1, 0.15) is 26.3 Å². The first-order valence-electron chi connectivity index (χ1n) is 8.79. The first-order chi connectivity index (χ1) is 13.6. The Labute approximate surface area is 167 Å². The molecule has 0 fully saturated rings. The molecule has 0 aromatic heterocycles. The topological polar surface area (TPSA) is 39.2 Å². The fourth-order valence-corrected chi connectivity index (χ4v) is 2.88. The Morgan fingerprint density at radius 3 is 2.34 bits per heavy atom. The van der Waals surface area contributed by atoms with Gasteiger partial charge < -0.3 is 0 Å². The summed E-state index contributed by atoms with van der Waals surface area (Å²) in [4.78, 5) is 0. The van der Waals surface area contributed by atoms with Crippen LogP contribution >= 0.6 is 0 Å². The Balaban J connectivity index is 2.42. The second-order valence-corrected chi connectivity index (χ2v) is 6.31. The molecule has 1 aromatic carbocycles. The van der Waals surface area contributed by atoms with E-state index in [0.717, 1.165) is 16.3 Å². The monoisotopic (exact) mass is 402 g/mol. The number of benzene rings is 1. The SMILES string of the molecule is C=C(/C(=C\C(C#N)=C/C)C(F)(F)F)[N+]1=NC(C)=C(Cc2ccc(F)cc2)/C1=C/C. The van der Waals surface area contributed by atoms with Crippen LogP contribution in [0.4, 0.5) is 17.6 Å². The molecule has 1 aromatic rings. The van der Waals surface area contributed by atoms with Crippen LogP contribution in [-0.2, 0) is 6.42 Å². The molecular formula is C22H20F4N3+. The number of hydrogen-bond acceptors (Lipinski definition) is 2. The molecule has 0 N–H and O–H groups in total. The lowest BCUT2D eigenvalue weighted by Gasteiger charge is -2.11. The van der Waals surface area contributed by atoms with Crippen molar-refractivity contribution in [1.82, 2.24) is 0 Å². The van der Waals surface area contributed by atoms with Gasteiger partial charge in [-0.25, -0.2) is 4.39 Å². The van der Waals surface area contributed by atoms with E-state index in [0.29, 0.717) is 23.4 Å². The molecule has 3 nitrogen and oxygen atoms in total. The summed E-state index contributed by atoms with van der Waals surface area (Å²) in [5.74, 6) is -0.367. The molecule has 0 radical (unpaired) electrons. The normalized spacial score (nSPS) is 16.9. The highest BCUT2D eigenvalue weighted by molar-refractivity contribution is 5.44. The van der Waals surface area contributed by atoms with Crippen molar-refractivity contribution >= 4 is 0 Å². The van der Waals surface area contributed by atoms with Crippen molar-refractivity contribution in [2.24, 2.45) is 5.11 Å². The largest absolute Gasteiger partial charge is 0.422 e. The maximum Gasteiger partial charge on any atom is 0.422 e. The van der Waals surface area contributed by atoms with E-state index in [4.69, 9.17) is 5.26 Å². The number of halogens is 4. The van der Waals surface area contributed by atoms with Crippen LogP contribution in [0.15, 0.2) is 88.0 Å². The minimum absolute atomic E-state index is 0.129. The van der Waals surface area contributed by atoms with E-state index < -0.39 is 11.7 Å². The summed E-state index contributed by atoms with van der Waals surface area (Å²) in [6.45, 7) is 8.47. The molecule has 0 saturated heterocycles. The smallest absolute Gasteiger partial charge is 0.207 e. The average Bonchev–Trinajstić information content (AvgIpc) is 2.98. The van der Waals surface area contributed by atoms with Gasteiger partial charge in [-0.15, -0.1) is 0 Å². The molecule has 0 aliphatic carbocycles. The van der Waals surface area contributed by atoms with Gasteiger partial charge >= 0.3 is 6.18 Å². The number of allylic oxidation sites excluding steroid dienone is 7. The average molecular weight is 402 g/mol. The van der Waals surface area contributed by atoms with Crippen LogP contribution < -0.4 is 0 Å². The second-order valence-electron chi connectivity index (χ2n) is 6.31. The van der Waals surface area contributed by atoms with Crippen molar-refractivity contribution in [3.05, 3.63) is 94.3 Å². The Kier molecular flexibility index (Phi) is 6.70. The standard InChI is InChI=1S/C22H20F4N3/c1-5-16(13-27)12-20(22(24,25)26)15(4)29-21(6-2)19(14(3)28-29)11-17-7-9-18(23)10-8-17/h5-10,12H,4,11H2,1-3H3/q+1/b16-5+,20-12+,21-6-. The van der Waals surface area contributed by atoms with Gasteiger partial charge in [-0.05, 0) is 61.9 Å². The van der Waals surface area contributed by atoms with Gasteiger partial charge in [0.2, 0.25) is 11.4 Å². The molecule has 1 heterocycles. The van der Waals surface area contributed by atoms with E-state index in [-0.39, 0.29) is 17.1 Å². The van der Waals surface area contributed by atoms with Gasteiger partial charge in [0.25, 0.3) is 0 Å². The van der Waals surface area contributed by atoms with Crippen molar-refractivity contribution in [2.75, 3.05) is 0 Å². The van der Waals surface area contributed by atoms with E-state index in [9.17, 15) is 17.6 Å². The number of nitriles is 1. The predicted octanol–water partition coefficient (Wildman–Crippen LogP) is 6.50. The Morgan fingerprint density at radius 1 is 1.24 bits per heavy atom. The van der Waals surface area contributed by atoms with Crippen LogP contribution in [0.2, 0.25) is 0 Å². The molecule has 7 heteroatoms. The third kappa shape index (κ3) is 4.96. The van der Waals surface area contributed by atoms with E-state index >= 15 is 0 Å². The van der Waals surface area contributed by atoms with Crippen LogP contribution in [0.25, 0.3) is 0 Å². The predicted molar refractivity (Wildman–Crippen MR) is 102 cm³/mol. The van der Waals surface area contributed by atoms with Crippen LogP contribution in [0, 0.1) is 17.1 Å². The molecule has 1 aliphatic rings. The molecule has 0 unspecified atom stereocenters.